The average Bonchev–Trinajstić information content (AvgIpc) is 2.21. The van der Waals surface area contributed by atoms with Crippen molar-refractivity contribution in [1.82, 2.24) is 0 Å². The first kappa shape index (κ1) is 12.3. The van der Waals surface area contributed by atoms with Crippen LogP contribution >= 0.6 is 34.2 Å². The van der Waals surface area contributed by atoms with E-state index in [0.717, 1.165) is 0 Å². The third-order valence-electron chi connectivity index (χ3n) is 1.65. The molecule has 1 aromatic rings. The molecule has 15 heavy (non-hydrogen) atoms. The largest absolute Gasteiger partial charge is 0.462 e. The van der Waals surface area contributed by atoms with Crippen LogP contribution in [0.2, 0.25) is 5.02 Å². The second-order valence-corrected chi connectivity index (χ2v) is 4.16. The Morgan fingerprint density at radius 3 is 2.87 bits per heavy atom. The van der Waals surface area contributed by atoms with Gasteiger partial charge in [-0.15, -0.1) is 0 Å². The lowest BCUT2D eigenvalue weighted by Gasteiger charge is -2.06. The van der Waals surface area contributed by atoms with Gasteiger partial charge in [0.05, 0.1) is 17.7 Å². The van der Waals surface area contributed by atoms with E-state index in [2.05, 4.69) is 0 Å². The summed E-state index contributed by atoms with van der Waals surface area (Å²) in [4.78, 5) is 11.5. The van der Waals surface area contributed by atoms with Crippen molar-refractivity contribution in [3.05, 3.63) is 31.9 Å². The fourth-order valence-corrected chi connectivity index (χ4v) is 1.90. The van der Waals surface area contributed by atoms with Crippen LogP contribution in [0.1, 0.15) is 22.8 Å². The smallest absolute Gasteiger partial charge is 0.339 e. The lowest BCUT2D eigenvalue weighted by molar-refractivity contribution is 0.0525. The van der Waals surface area contributed by atoms with Crippen LogP contribution in [0.3, 0.4) is 0 Å². The van der Waals surface area contributed by atoms with Crippen LogP contribution in [0, 0.1) is 14.9 Å². The Labute approximate surface area is 106 Å². The minimum atomic E-state index is -0.457. The highest BCUT2D eigenvalue weighted by molar-refractivity contribution is 14.1. The first-order valence-electron chi connectivity index (χ1n) is 4.16. The predicted molar refractivity (Wildman–Crippen MR) is 64.8 cm³/mol. The number of hydrogen-bond acceptors (Lipinski definition) is 3. The van der Waals surface area contributed by atoms with Gasteiger partial charge in [-0.3, -0.25) is 0 Å². The average molecular weight is 336 g/mol. The fourth-order valence-electron chi connectivity index (χ4n) is 1.03. The van der Waals surface area contributed by atoms with Crippen molar-refractivity contribution in [2.75, 3.05) is 6.61 Å². The molecule has 0 N–H and O–H groups in total. The summed E-state index contributed by atoms with van der Waals surface area (Å²) in [6, 6.07) is 5.00. The zero-order chi connectivity index (χ0) is 11.4. The molecule has 0 aliphatic carbocycles. The molecule has 0 fully saturated rings. The summed E-state index contributed by atoms with van der Waals surface area (Å²) < 4.78 is 5.42. The first-order chi connectivity index (χ1) is 7.10. The van der Waals surface area contributed by atoms with Crippen molar-refractivity contribution in [2.24, 2.45) is 0 Å². The Morgan fingerprint density at radius 1 is 1.67 bits per heavy atom. The summed E-state index contributed by atoms with van der Waals surface area (Å²) in [6.45, 7) is 2.02. The molecule has 78 valence electrons. The van der Waals surface area contributed by atoms with Gasteiger partial charge in [0, 0.05) is 8.59 Å². The number of hydrogen-bond donors (Lipinski definition) is 0. The molecule has 0 saturated heterocycles. The molecule has 0 spiro atoms. The Hall–Kier alpha value is -0.800. The van der Waals surface area contributed by atoms with Gasteiger partial charge in [0.25, 0.3) is 0 Å². The molecule has 0 aliphatic heterocycles. The molecule has 1 rings (SSSR count). The van der Waals surface area contributed by atoms with Crippen LogP contribution in [-0.4, -0.2) is 12.6 Å². The molecule has 0 heterocycles. The Balaban J connectivity index is 3.24. The molecule has 0 saturated carbocycles. The number of esters is 1. The van der Waals surface area contributed by atoms with E-state index in [0.29, 0.717) is 26.3 Å². The first-order valence-corrected chi connectivity index (χ1v) is 5.62. The minimum absolute atomic E-state index is 0.295. The molecule has 0 unspecified atom stereocenters. The van der Waals surface area contributed by atoms with E-state index in [1.54, 1.807) is 6.92 Å². The van der Waals surface area contributed by atoms with Gasteiger partial charge in [-0.2, -0.15) is 5.26 Å². The lowest BCUT2D eigenvalue weighted by atomic mass is 10.1. The molecule has 3 nitrogen and oxygen atoms in total. The van der Waals surface area contributed by atoms with Gasteiger partial charge >= 0.3 is 5.97 Å². The van der Waals surface area contributed by atoms with Crippen LogP contribution < -0.4 is 0 Å². The highest BCUT2D eigenvalue weighted by Gasteiger charge is 2.15. The second kappa shape index (κ2) is 5.33. The monoisotopic (exact) mass is 335 g/mol. The molecule has 0 atom stereocenters. The highest BCUT2D eigenvalue weighted by atomic mass is 127. The quantitative estimate of drug-likeness (QED) is 0.617. The Bertz CT molecular complexity index is 440. The van der Waals surface area contributed by atoms with E-state index in [-0.39, 0.29) is 0 Å². The summed E-state index contributed by atoms with van der Waals surface area (Å²) >= 11 is 7.71. The van der Waals surface area contributed by atoms with Crippen molar-refractivity contribution >= 4 is 40.2 Å². The second-order valence-electron chi connectivity index (χ2n) is 2.65. The number of nitriles is 1. The van der Waals surface area contributed by atoms with Gasteiger partial charge in [0.15, 0.2) is 0 Å². The van der Waals surface area contributed by atoms with Crippen LogP contribution in [-0.2, 0) is 4.74 Å². The number of nitrogens with zero attached hydrogens (tertiary/aromatic N) is 1. The Kier molecular flexibility index (Phi) is 4.36. The maximum absolute atomic E-state index is 11.5. The van der Waals surface area contributed by atoms with E-state index < -0.39 is 5.97 Å². The molecule has 1 aromatic carbocycles. The number of benzene rings is 1. The van der Waals surface area contributed by atoms with E-state index in [1.165, 1.54) is 12.1 Å². The van der Waals surface area contributed by atoms with Gasteiger partial charge in [0.2, 0.25) is 0 Å². The van der Waals surface area contributed by atoms with Crippen molar-refractivity contribution < 1.29 is 9.53 Å². The standard InChI is InChI=1S/C10H7ClINO2/c1-2-15-10(14)8-4-7(11)3-6(5-13)9(8)12/h3-4H,2H2,1H3. The van der Waals surface area contributed by atoms with Gasteiger partial charge < -0.3 is 4.74 Å². The third kappa shape index (κ3) is 2.83. The van der Waals surface area contributed by atoms with Gasteiger partial charge in [-0.25, -0.2) is 4.79 Å². The summed E-state index contributed by atoms with van der Waals surface area (Å²) in [5, 5.41) is 9.17. The number of halogens is 2. The van der Waals surface area contributed by atoms with E-state index in [9.17, 15) is 4.79 Å². The number of ether oxygens (including phenoxy) is 1. The van der Waals surface area contributed by atoms with Gasteiger partial charge in [-0.05, 0) is 41.6 Å². The van der Waals surface area contributed by atoms with E-state index >= 15 is 0 Å². The van der Waals surface area contributed by atoms with Gasteiger partial charge in [-0.1, -0.05) is 11.6 Å². The number of carbonyl (C=O) groups is 1. The van der Waals surface area contributed by atoms with Crippen molar-refractivity contribution in [1.29, 1.82) is 5.26 Å². The topological polar surface area (TPSA) is 50.1 Å². The predicted octanol–water partition coefficient (Wildman–Crippen LogP) is 2.99. The van der Waals surface area contributed by atoms with Crippen LogP contribution in [0.5, 0.6) is 0 Å². The van der Waals surface area contributed by atoms with Crippen LogP contribution in [0.25, 0.3) is 0 Å². The maximum atomic E-state index is 11.5. The van der Waals surface area contributed by atoms with Crippen molar-refractivity contribution in [3.8, 4) is 6.07 Å². The van der Waals surface area contributed by atoms with Crippen LogP contribution in [0.15, 0.2) is 12.1 Å². The molecular weight excluding hydrogens is 328 g/mol. The summed E-state index contributed by atoms with van der Waals surface area (Å²) in [5.74, 6) is -0.457. The van der Waals surface area contributed by atoms with Crippen molar-refractivity contribution in [3.63, 3.8) is 0 Å². The molecule has 0 bridgehead atoms. The summed E-state index contributed by atoms with van der Waals surface area (Å²) in [6.07, 6.45) is 0. The van der Waals surface area contributed by atoms with E-state index in [4.69, 9.17) is 21.6 Å². The SMILES string of the molecule is CCOC(=O)c1cc(Cl)cc(C#N)c1I. The molecule has 0 aliphatic rings. The zero-order valence-electron chi connectivity index (χ0n) is 7.88. The number of rotatable bonds is 2. The lowest BCUT2D eigenvalue weighted by Crippen LogP contribution is -2.07. The van der Waals surface area contributed by atoms with Crippen LogP contribution in [0.4, 0.5) is 0 Å². The highest BCUT2D eigenvalue weighted by Crippen LogP contribution is 2.23. The maximum Gasteiger partial charge on any atom is 0.339 e. The number of carbonyl (C=O) groups excluding carboxylic acids is 1. The third-order valence-corrected chi connectivity index (χ3v) is 3.03. The molecule has 5 heteroatoms. The Morgan fingerprint density at radius 2 is 2.33 bits per heavy atom. The normalized spacial score (nSPS) is 9.47. The molecule has 0 radical (unpaired) electrons. The fraction of sp³-hybridized carbons (Fsp3) is 0.200. The zero-order valence-corrected chi connectivity index (χ0v) is 10.8. The molecular formula is C10H7ClINO2. The summed E-state index contributed by atoms with van der Waals surface area (Å²) in [7, 11) is 0. The van der Waals surface area contributed by atoms with Crippen molar-refractivity contribution in [2.45, 2.75) is 6.92 Å². The summed E-state index contributed by atoms with van der Waals surface area (Å²) in [5.41, 5.74) is 0.715. The minimum Gasteiger partial charge on any atom is -0.462 e. The molecule has 0 aromatic heterocycles. The van der Waals surface area contributed by atoms with E-state index in [1.807, 2.05) is 28.7 Å². The molecule has 0 amide bonds. The van der Waals surface area contributed by atoms with Gasteiger partial charge in [0.1, 0.15) is 6.07 Å².